The van der Waals surface area contributed by atoms with Crippen LogP contribution in [-0.4, -0.2) is 90.2 Å². The summed E-state index contributed by atoms with van der Waals surface area (Å²) in [7, 11) is 1.84. The maximum absolute atomic E-state index is 13.3. The number of ether oxygens (including phenoxy) is 2. The smallest absolute Gasteiger partial charge is 0.407 e. The van der Waals surface area contributed by atoms with Gasteiger partial charge in [-0.05, 0) is 58.0 Å². The number of amides is 3. The Bertz CT molecular complexity index is 1150. The molecule has 3 amide bonds. The van der Waals surface area contributed by atoms with Crippen LogP contribution in [0, 0.1) is 0 Å². The average Bonchev–Trinajstić information content (AvgIpc) is 3.23. The average molecular weight is 510 g/mol. The molecule has 10 heteroatoms. The van der Waals surface area contributed by atoms with Crippen LogP contribution in [-0.2, 0) is 9.53 Å². The number of hydrogen-bond acceptors (Lipinski definition) is 7. The van der Waals surface area contributed by atoms with Gasteiger partial charge in [0.2, 0.25) is 5.91 Å². The van der Waals surface area contributed by atoms with Crippen LogP contribution in [0.1, 0.15) is 37.6 Å². The van der Waals surface area contributed by atoms with E-state index in [-0.39, 0.29) is 37.0 Å². The minimum atomic E-state index is -0.610. The molecule has 1 fully saturated rings. The van der Waals surface area contributed by atoms with Crippen LogP contribution in [0.4, 0.5) is 4.79 Å². The molecule has 2 aromatic rings. The van der Waals surface area contributed by atoms with Gasteiger partial charge in [0, 0.05) is 37.6 Å². The number of hydrogen-bond donors (Lipinski definition) is 2. The fourth-order valence-corrected chi connectivity index (χ4v) is 4.50. The third-order valence-corrected chi connectivity index (χ3v) is 6.25. The van der Waals surface area contributed by atoms with Crippen LogP contribution in [0.2, 0.25) is 0 Å². The molecule has 1 aromatic heterocycles. The topological polar surface area (TPSA) is 113 Å². The number of pyridine rings is 1. The molecule has 198 valence electrons. The van der Waals surface area contributed by atoms with Crippen LogP contribution in [0.3, 0.4) is 0 Å². The molecule has 1 saturated heterocycles. The summed E-state index contributed by atoms with van der Waals surface area (Å²) in [5.74, 6) is 0.357. The summed E-state index contributed by atoms with van der Waals surface area (Å²) in [4.78, 5) is 46.2. The lowest BCUT2D eigenvalue weighted by molar-refractivity contribution is -0.133. The zero-order valence-corrected chi connectivity index (χ0v) is 21.8. The molecule has 2 aliphatic rings. The zero-order chi connectivity index (χ0) is 26.6. The van der Waals surface area contributed by atoms with Crippen molar-refractivity contribution in [3.8, 4) is 16.9 Å². The van der Waals surface area contributed by atoms with Gasteiger partial charge in [-0.2, -0.15) is 0 Å². The lowest BCUT2D eigenvalue weighted by Crippen LogP contribution is -2.46. The lowest BCUT2D eigenvalue weighted by atomic mass is 10.1. The van der Waals surface area contributed by atoms with E-state index >= 15 is 0 Å². The van der Waals surface area contributed by atoms with Crippen molar-refractivity contribution in [2.45, 2.75) is 44.9 Å². The molecule has 0 unspecified atom stereocenters. The van der Waals surface area contributed by atoms with Gasteiger partial charge >= 0.3 is 6.09 Å². The Labute approximate surface area is 217 Å². The minimum absolute atomic E-state index is 0.0650. The number of aromatic nitrogens is 1. The molecule has 3 heterocycles. The van der Waals surface area contributed by atoms with E-state index in [2.05, 4.69) is 15.6 Å². The molecule has 10 nitrogen and oxygen atoms in total. The number of carbonyl (C=O) groups excluding carboxylic acids is 3. The predicted molar refractivity (Wildman–Crippen MR) is 138 cm³/mol. The monoisotopic (exact) mass is 509 g/mol. The first-order valence-electron chi connectivity index (χ1n) is 12.5. The van der Waals surface area contributed by atoms with Crippen LogP contribution in [0.5, 0.6) is 5.75 Å². The molecule has 4 bridgehead atoms. The van der Waals surface area contributed by atoms with Gasteiger partial charge < -0.3 is 25.0 Å². The van der Waals surface area contributed by atoms with Gasteiger partial charge in [-0.1, -0.05) is 12.1 Å². The lowest BCUT2D eigenvalue weighted by Gasteiger charge is -2.27. The van der Waals surface area contributed by atoms with E-state index in [0.29, 0.717) is 37.4 Å². The van der Waals surface area contributed by atoms with Crippen LogP contribution in [0.15, 0.2) is 42.7 Å². The quantitative estimate of drug-likeness (QED) is 0.607. The first kappa shape index (κ1) is 26.4. The van der Waals surface area contributed by atoms with Crippen LogP contribution < -0.4 is 15.4 Å². The molecule has 1 aromatic carbocycles. The molecular formula is C27H35N5O5. The highest BCUT2D eigenvalue weighted by atomic mass is 16.6. The second-order valence-electron chi connectivity index (χ2n) is 10.6. The second-order valence-corrected chi connectivity index (χ2v) is 10.6. The van der Waals surface area contributed by atoms with Crippen molar-refractivity contribution >= 4 is 17.9 Å². The molecule has 2 aliphatic heterocycles. The van der Waals surface area contributed by atoms with Crippen molar-refractivity contribution < 1.29 is 23.9 Å². The molecule has 0 radical (unpaired) electrons. The summed E-state index contributed by atoms with van der Waals surface area (Å²) in [6.07, 6.45) is 3.30. The van der Waals surface area contributed by atoms with E-state index in [4.69, 9.17) is 9.47 Å². The number of carbonyl (C=O) groups is 3. The molecule has 2 N–H and O–H groups in total. The molecule has 4 rings (SSSR count). The number of benzene rings is 1. The van der Waals surface area contributed by atoms with Gasteiger partial charge in [0.25, 0.3) is 5.91 Å². The second kappa shape index (κ2) is 11.2. The van der Waals surface area contributed by atoms with Gasteiger partial charge in [0.1, 0.15) is 18.0 Å². The van der Waals surface area contributed by atoms with Gasteiger partial charge in [-0.15, -0.1) is 0 Å². The molecule has 2 atom stereocenters. The van der Waals surface area contributed by atoms with E-state index in [9.17, 15) is 14.4 Å². The van der Waals surface area contributed by atoms with Crippen molar-refractivity contribution in [1.29, 1.82) is 0 Å². The SMILES string of the molecule is CN1CCNC(=O)c2cncc(c2)-c2cccc(c2)OC[C@@H]2C[C@@H](NC(=O)OC(C)(C)C)CN2C(=O)C1. The normalized spacial score (nSPS) is 21.4. The zero-order valence-electron chi connectivity index (χ0n) is 21.8. The van der Waals surface area contributed by atoms with Crippen LogP contribution in [0.25, 0.3) is 11.1 Å². The fraction of sp³-hybridized carbons (Fsp3) is 0.481. The van der Waals surface area contributed by atoms with Crippen molar-refractivity contribution in [2.75, 3.05) is 39.8 Å². The third-order valence-electron chi connectivity index (χ3n) is 6.25. The number of rotatable bonds is 1. The Balaban J connectivity index is 1.55. The van der Waals surface area contributed by atoms with Crippen molar-refractivity contribution in [2.24, 2.45) is 0 Å². The van der Waals surface area contributed by atoms with E-state index in [1.165, 1.54) is 6.20 Å². The van der Waals surface area contributed by atoms with E-state index in [0.717, 1.165) is 11.1 Å². The molecule has 0 aliphatic carbocycles. The van der Waals surface area contributed by atoms with Gasteiger partial charge in [-0.3, -0.25) is 19.5 Å². The molecule has 0 spiro atoms. The van der Waals surface area contributed by atoms with Crippen LogP contribution >= 0.6 is 0 Å². The van der Waals surface area contributed by atoms with Crippen molar-refractivity contribution in [3.05, 3.63) is 48.3 Å². The van der Waals surface area contributed by atoms with Gasteiger partial charge in [0.15, 0.2) is 0 Å². The first-order valence-corrected chi connectivity index (χ1v) is 12.5. The fourth-order valence-electron chi connectivity index (χ4n) is 4.50. The van der Waals surface area contributed by atoms with Gasteiger partial charge in [0.05, 0.1) is 24.2 Å². The Morgan fingerprint density at radius 3 is 2.73 bits per heavy atom. The minimum Gasteiger partial charge on any atom is -0.491 e. The third kappa shape index (κ3) is 7.19. The Morgan fingerprint density at radius 1 is 1.16 bits per heavy atom. The molecule has 0 saturated carbocycles. The van der Waals surface area contributed by atoms with Gasteiger partial charge in [-0.25, -0.2) is 4.79 Å². The maximum atomic E-state index is 13.3. The highest BCUT2D eigenvalue weighted by Gasteiger charge is 2.37. The highest BCUT2D eigenvalue weighted by Crippen LogP contribution is 2.26. The van der Waals surface area contributed by atoms with Crippen molar-refractivity contribution in [1.82, 2.24) is 25.4 Å². The highest BCUT2D eigenvalue weighted by molar-refractivity contribution is 5.95. The standard InChI is InChI=1S/C27H35N5O5/c1-27(2,3)37-26(35)30-21-12-22-17-36-23-7-5-6-18(11-23)19-10-20(14-28-13-19)25(34)29-8-9-31(4)16-24(33)32(22)15-21/h5-7,10-11,13-14,21-22H,8-9,12,15-17H2,1-4H3,(H,29,34)(H,30,35)/t21-,22+/m1/s1. The Hall–Kier alpha value is -3.66. The summed E-state index contributed by atoms with van der Waals surface area (Å²) in [5, 5.41) is 5.80. The number of nitrogens with one attached hydrogen (secondary N) is 2. The maximum Gasteiger partial charge on any atom is 0.407 e. The van der Waals surface area contributed by atoms with E-state index in [1.807, 2.05) is 57.0 Å². The summed E-state index contributed by atoms with van der Waals surface area (Å²) >= 11 is 0. The molecular weight excluding hydrogens is 474 g/mol. The predicted octanol–water partition coefficient (Wildman–Crippen LogP) is 2.30. The number of likely N-dealkylation sites (N-methyl/N-ethyl adjacent to an activating group) is 1. The number of alkyl carbamates (subject to hydrolysis) is 1. The summed E-state index contributed by atoms with van der Waals surface area (Å²) in [5.41, 5.74) is 1.53. The summed E-state index contributed by atoms with van der Waals surface area (Å²) in [6.45, 7) is 7.15. The van der Waals surface area contributed by atoms with E-state index in [1.54, 1.807) is 17.2 Å². The number of fused-ring (bicyclic) bond motifs is 6. The summed E-state index contributed by atoms with van der Waals surface area (Å²) < 4.78 is 11.5. The molecule has 37 heavy (non-hydrogen) atoms. The largest absolute Gasteiger partial charge is 0.491 e. The van der Waals surface area contributed by atoms with Crippen molar-refractivity contribution in [3.63, 3.8) is 0 Å². The Morgan fingerprint density at radius 2 is 1.95 bits per heavy atom. The summed E-state index contributed by atoms with van der Waals surface area (Å²) in [6, 6.07) is 8.90. The first-order chi connectivity index (χ1) is 17.6. The Kier molecular flexibility index (Phi) is 7.97. The number of nitrogens with zero attached hydrogens (tertiary/aromatic N) is 3. The van der Waals surface area contributed by atoms with E-state index < -0.39 is 11.7 Å².